The Hall–Kier alpha value is -0.860. The highest BCUT2D eigenvalue weighted by Crippen LogP contribution is 1.81. The molecule has 0 atom stereocenters. The van der Waals surface area contributed by atoms with Crippen LogP contribution < -0.4 is 0 Å². The minimum Gasteiger partial charge on any atom is -0.265 e. The van der Waals surface area contributed by atoms with Gasteiger partial charge in [0.05, 0.1) is 0 Å². The molecule has 46 valence electrons. The van der Waals surface area contributed by atoms with Gasteiger partial charge in [-0.2, -0.15) is 0 Å². The first-order chi connectivity index (χ1) is 3.77. The largest absolute Gasteiger partial charge is 0.265 e. The van der Waals surface area contributed by atoms with Gasteiger partial charge in [-0.15, -0.1) is 0 Å². The third kappa shape index (κ3) is 5.14. The summed E-state index contributed by atoms with van der Waals surface area (Å²) in [6.07, 6.45) is 4.13. The molecule has 0 radical (unpaired) electrons. The van der Waals surface area contributed by atoms with Crippen molar-refractivity contribution in [2.24, 2.45) is 0 Å². The van der Waals surface area contributed by atoms with Crippen molar-refractivity contribution in [3.05, 3.63) is 22.3 Å². The van der Waals surface area contributed by atoms with E-state index >= 15 is 0 Å². The van der Waals surface area contributed by atoms with Crippen molar-refractivity contribution in [3.8, 4) is 0 Å². The van der Waals surface area contributed by atoms with Crippen LogP contribution in [0.1, 0.15) is 13.3 Å². The van der Waals surface area contributed by atoms with Crippen molar-refractivity contribution >= 4 is 0 Å². The third-order valence-corrected chi connectivity index (χ3v) is 0.714. The second-order valence-corrected chi connectivity index (χ2v) is 1.41. The molecule has 0 N–H and O–H groups in total. The summed E-state index contributed by atoms with van der Waals surface area (Å²) in [6, 6.07) is 0. The number of hydrogen-bond donors (Lipinski definition) is 0. The Labute approximate surface area is 48.2 Å². The van der Waals surface area contributed by atoms with E-state index in [2.05, 4.69) is 0 Å². The van der Waals surface area contributed by atoms with Crippen LogP contribution in [0.4, 0.5) is 0 Å². The minimum atomic E-state index is -0.319. The zero-order valence-corrected chi connectivity index (χ0v) is 4.83. The zero-order valence-electron chi connectivity index (χ0n) is 4.83. The first-order valence-electron chi connectivity index (χ1n) is 2.50. The van der Waals surface area contributed by atoms with Crippen LogP contribution in [0.25, 0.3) is 0 Å². The molecule has 0 unspecified atom stereocenters. The molecule has 0 amide bonds. The lowest BCUT2D eigenvalue weighted by Gasteiger charge is -1.83. The average molecular weight is 115 g/mol. The molecule has 0 fully saturated rings. The fraction of sp³-hybridized carbons (Fsp3) is 0.600. The maximum atomic E-state index is 9.65. The van der Waals surface area contributed by atoms with Crippen LogP contribution >= 0.6 is 0 Å². The maximum Gasteiger partial charge on any atom is 0.207 e. The molecule has 0 aromatic rings. The lowest BCUT2D eigenvalue weighted by molar-refractivity contribution is -0.478. The molecule has 0 aliphatic rings. The monoisotopic (exact) mass is 115 g/mol. The first kappa shape index (κ1) is 7.14. The van der Waals surface area contributed by atoms with Gasteiger partial charge in [0, 0.05) is 11.3 Å². The van der Waals surface area contributed by atoms with Crippen LogP contribution in [0, 0.1) is 10.1 Å². The highest BCUT2D eigenvalue weighted by molar-refractivity contribution is 4.75. The van der Waals surface area contributed by atoms with Gasteiger partial charge in [0.2, 0.25) is 6.54 Å². The summed E-state index contributed by atoms with van der Waals surface area (Å²) in [6.45, 7) is 1.89. The van der Waals surface area contributed by atoms with Gasteiger partial charge >= 0.3 is 0 Å². The highest BCUT2D eigenvalue weighted by Gasteiger charge is 1.88. The Morgan fingerprint density at radius 1 is 1.75 bits per heavy atom. The molecule has 0 aromatic carbocycles. The third-order valence-electron chi connectivity index (χ3n) is 0.714. The summed E-state index contributed by atoms with van der Waals surface area (Å²) in [5, 5.41) is 9.65. The van der Waals surface area contributed by atoms with Gasteiger partial charge in [-0.3, -0.25) is 10.1 Å². The molecular weight excluding hydrogens is 106 g/mol. The average Bonchev–Trinajstić information content (AvgIpc) is 1.66. The molecule has 3 nitrogen and oxygen atoms in total. The van der Waals surface area contributed by atoms with E-state index in [1.165, 1.54) is 0 Å². The number of nitro groups is 1. The van der Waals surface area contributed by atoms with E-state index in [1.807, 2.05) is 13.0 Å². The van der Waals surface area contributed by atoms with Gasteiger partial charge in [0.15, 0.2) is 0 Å². The van der Waals surface area contributed by atoms with Crippen LogP contribution in [0.3, 0.4) is 0 Å². The first-order valence-corrected chi connectivity index (χ1v) is 2.50. The van der Waals surface area contributed by atoms with E-state index in [1.54, 1.807) is 6.08 Å². The van der Waals surface area contributed by atoms with Crippen LogP contribution in [0.2, 0.25) is 0 Å². The fourth-order valence-electron chi connectivity index (χ4n) is 0.347. The summed E-state index contributed by atoms with van der Waals surface area (Å²) in [4.78, 5) is 9.33. The predicted molar refractivity (Wildman–Crippen MR) is 31.3 cm³/mol. The zero-order chi connectivity index (χ0) is 6.41. The second kappa shape index (κ2) is 4.30. The second-order valence-electron chi connectivity index (χ2n) is 1.41. The van der Waals surface area contributed by atoms with Crippen LogP contribution in [0.5, 0.6) is 0 Å². The normalized spacial score (nSPS) is 10.1. The van der Waals surface area contributed by atoms with Crippen molar-refractivity contribution in [2.75, 3.05) is 6.54 Å². The van der Waals surface area contributed by atoms with E-state index in [-0.39, 0.29) is 11.5 Å². The molecule has 0 heterocycles. The van der Waals surface area contributed by atoms with Crippen molar-refractivity contribution in [3.63, 3.8) is 0 Å². The topological polar surface area (TPSA) is 43.1 Å². The lowest BCUT2D eigenvalue weighted by atomic mass is 10.4. The lowest BCUT2D eigenvalue weighted by Crippen LogP contribution is -1.97. The Balaban J connectivity index is 3.05. The van der Waals surface area contributed by atoms with Crippen molar-refractivity contribution < 1.29 is 4.92 Å². The Bertz CT molecular complexity index is 98.6. The minimum absolute atomic E-state index is 0.0460. The molecule has 0 aliphatic heterocycles. The summed E-state index contributed by atoms with van der Waals surface area (Å²) in [7, 11) is 0. The van der Waals surface area contributed by atoms with E-state index in [0.29, 0.717) is 6.42 Å². The number of nitrogens with zero attached hydrogens (tertiary/aromatic N) is 1. The molecule has 8 heavy (non-hydrogen) atoms. The molecular formula is C5H9NO2. The quantitative estimate of drug-likeness (QED) is 0.315. The van der Waals surface area contributed by atoms with Crippen LogP contribution in [0.15, 0.2) is 12.2 Å². The predicted octanol–water partition coefficient (Wildman–Crippen LogP) is 1.23. The number of allylic oxidation sites excluding steroid dienone is 1. The van der Waals surface area contributed by atoms with E-state index in [9.17, 15) is 10.1 Å². The van der Waals surface area contributed by atoms with Crippen molar-refractivity contribution in [1.82, 2.24) is 0 Å². The van der Waals surface area contributed by atoms with Gasteiger partial charge < -0.3 is 0 Å². The Kier molecular flexibility index (Phi) is 3.84. The van der Waals surface area contributed by atoms with Crippen molar-refractivity contribution in [2.45, 2.75) is 13.3 Å². The highest BCUT2D eigenvalue weighted by atomic mass is 16.6. The van der Waals surface area contributed by atoms with Gasteiger partial charge in [-0.05, 0) is 6.92 Å². The molecule has 0 saturated carbocycles. The van der Waals surface area contributed by atoms with Crippen LogP contribution in [-0.4, -0.2) is 11.5 Å². The molecule has 0 bridgehead atoms. The molecule has 0 saturated heterocycles. The number of hydrogen-bond acceptors (Lipinski definition) is 2. The summed E-state index contributed by atoms with van der Waals surface area (Å²) >= 11 is 0. The fourth-order valence-corrected chi connectivity index (χ4v) is 0.347. The Morgan fingerprint density at radius 2 is 2.38 bits per heavy atom. The summed E-state index contributed by atoms with van der Waals surface area (Å²) < 4.78 is 0. The van der Waals surface area contributed by atoms with E-state index < -0.39 is 0 Å². The smallest absolute Gasteiger partial charge is 0.207 e. The van der Waals surface area contributed by atoms with Gasteiger partial charge in [0.1, 0.15) is 0 Å². The summed E-state index contributed by atoms with van der Waals surface area (Å²) in [5.41, 5.74) is 0. The maximum absolute atomic E-state index is 9.65. The molecule has 0 aliphatic carbocycles. The van der Waals surface area contributed by atoms with Gasteiger partial charge in [-0.25, -0.2) is 0 Å². The molecule has 0 aromatic heterocycles. The van der Waals surface area contributed by atoms with Crippen molar-refractivity contribution in [1.29, 1.82) is 0 Å². The molecule has 0 spiro atoms. The SMILES string of the molecule is CC=CCC[N+](=O)[O-]. The Morgan fingerprint density at radius 3 is 2.75 bits per heavy atom. The van der Waals surface area contributed by atoms with Crippen LogP contribution in [-0.2, 0) is 0 Å². The summed E-state index contributed by atoms with van der Waals surface area (Å²) in [5.74, 6) is 0. The molecule has 0 rings (SSSR count). The standard InChI is InChI=1S/C5H9NO2/c1-2-3-4-5-6(7)8/h2-3H,4-5H2,1H3. The van der Waals surface area contributed by atoms with E-state index in [4.69, 9.17) is 0 Å². The molecule has 3 heteroatoms. The van der Waals surface area contributed by atoms with Gasteiger partial charge in [-0.1, -0.05) is 12.2 Å². The van der Waals surface area contributed by atoms with E-state index in [0.717, 1.165) is 0 Å². The number of rotatable bonds is 3. The van der Waals surface area contributed by atoms with Gasteiger partial charge in [0.25, 0.3) is 0 Å².